The first-order valence-electron chi connectivity index (χ1n) is 6.52. The van der Waals surface area contributed by atoms with Gasteiger partial charge in [0.1, 0.15) is 0 Å². The second kappa shape index (κ2) is 5.23. The van der Waals surface area contributed by atoms with Gasteiger partial charge >= 0.3 is 0 Å². The van der Waals surface area contributed by atoms with Gasteiger partial charge in [-0.3, -0.25) is 0 Å². The van der Waals surface area contributed by atoms with Gasteiger partial charge in [-0.1, -0.05) is 36.4 Å². The Hall–Kier alpha value is -1.80. The standard InChI is InChI=1S/C16H18N2/c1-2-4-16(5-3-1)18-11-13-6-7-14-8-9-17-12-15(14)10-13/h1-7,10,17-18H,8-9,11-12H2. The fourth-order valence-electron chi connectivity index (χ4n) is 2.40. The average molecular weight is 238 g/mol. The summed E-state index contributed by atoms with van der Waals surface area (Å²) in [6, 6.07) is 17.2. The highest BCUT2D eigenvalue weighted by Crippen LogP contribution is 2.17. The molecule has 0 fully saturated rings. The number of nitrogens with one attached hydrogen (secondary N) is 2. The van der Waals surface area contributed by atoms with E-state index in [1.165, 1.54) is 22.4 Å². The Morgan fingerprint density at radius 2 is 1.89 bits per heavy atom. The van der Waals surface area contributed by atoms with Crippen molar-refractivity contribution in [3.05, 3.63) is 65.2 Å². The van der Waals surface area contributed by atoms with Gasteiger partial charge in [0, 0.05) is 18.8 Å². The van der Waals surface area contributed by atoms with E-state index in [1.807, 2.05) is 6.07 Å². The lowest BCUT2D eigenvalue weighted by Crippen LogP contribution is -2.23. The molecule has 0 aliphatic carbocycles. The maximum absolute atomic E-state index is 3.45. The molecule has 2 aromatic rings. The van der Waals surface area contributed by atoms with Crippen molar-refractivity contribution in [3.63, 3.8) is 0 Å². The molecule has 0 saturated heterocycles. The zero-order chi connectivity index (χ0) is 12.2. The second-order valence-corrected chi connectivity index (χ2v) is 4.75. The average Bonchev–Trinajstić information content (AvgIpc) is 2.46. The predicted molar refractivity (Wildman–Crippen MR) is 75.6 cm³/mol. The summed E-state index contributed by atoms with van der Waals surface area (Å²) in [5, 5.41) is 6.87. The molecule has 0 spiro atoms. The summed E-state index contributed by atoms with van der Waals surface area (Å²) in [4.78, 5) is 0. The summed E-state index contributed by atoms with van der Waals surface area (Å²) in [5.74, 6) is 0. The molecular weight excluding hydrogens is 220 g/mol. The molecule has 1 heterocycles. The third kappa shape index (κ3) is 2.54. The van der Waals surface area contributed by atoms with E-state index in [1.54, 1.807) is 0 Å². The number of anilines is 1. The summed E-state index contributed by atoms with van der Waals surface area (Å²) < 4.78 is 0. The van der Waals surface area contributed by atoms with Crippen LogP contribution in [0.5, 0.6) is 0 Å². The Bertz CT molecular complexity index is 520. The Kier molecular flexibility index (Phi) is 3.29. The second-order valence-electron chi connectivity index (χ2n) is 4.75. The van der Waals surface area contributed by atoms with Crippen LogP contribution in [0.3, 0.4) is 0 Å². The maximum Gasteiger partial charge on any atom is 0.0400 e. The third-order valence-corrected chi connectivity index (χ3v) is 3.43. The van der Waals surface area contributed by atoms with Crippen LogP contribution in [0.2, 0.25) is 0 Å². The molecular formula is C16H18N2. The van der Waals surface area contributed by atoms with Crippen LogP contribution in [0, 0.1) is 0 Å². The van der Waals surface area contributed by atoms with Gasteiger partial charge in [0.15, 0.2) is 0 Å². The predicted octanol–water partition coefficient (Wildman–Crippen LogP) is 2.94. The molecule has 2 nitrogen and oxygen atoms in total. The van der Waals surface area contributed by atoms with Gasteiger partial charge < -0.3 is 10.6 Å². The maximum atomic E-state index is 3.45. The fourth-order valence-corrected chi connectivity index (χ4v) is 2.40. The molecule has 1 aliphatic rings. The molecule has 1 aliphatic heterocycles. The number of rotatable bonds is 3. The highest BCUT2D eigenvalue weighted by atomic mass is 14.9. The minimum atomic E-state index is 0.886. The van der Waals surface area contributed by atoms with Crippen molar-refractivity contribution < 1.29 is 0 Å². The monoisotopic (exact) mass is 238 g/mol. The number of benzene rings is 2. The molecule has 0 unspecified atom stereocenters. The van der Waals surface area contributed by atoms with E-state index >= 15 is 0 Å². The van der Waals surface area contributed by atoms with Gasteiger partial charge in [0.2, 0.25) is 0 Å². The van der Waals surface area contributed by atoms with E-state index in [2.05, 4.69) is 53.1 Å². The van der Waals surface area contributed by atoms with Crippen molar-refractivity contribution in [2.24, 2.45) is 0 Å². The van der Waals surface area contributed by atoms with Crippen molar-refractivity contribution in [1.82, 2.24) is 5.32 Å². The first-order valence-corrected chi connectivity index (χ1v) is 6.52. The molecule has 0 amide bonds. The molecule has 0 bridgehead atoms. The van der Waals surface area contributed by atoms with E-state index in [0.29, 0.717) is 0 Å². The first kappa shape index (κ1) is 11.3. The zero-order valence-electron chi connectivity index (χ0n) is 10.4. The van der Waals surface area contributed by atoms with Crippen LogP contribution in [0.4, 0.5) is 5.69 Å². The van der Waals surface area contributed by atoms with E-state index in [0.717, 1.165) is 26.1 Å². The van der Waals surface area contributed by atoms with Crippen LogP contribution in [0.25, 0.3) is 0 Å². The molecule has 3 rings (SSSR count). The Morgan fingerprint density at radius 1 is 1.00 bits per heavy atom. The summed E-state index contributed by atoms with van der Waals surface area (Å²) in [7, 11) is 0. The van der Waals surface area contributed by atoms with Crippen LogP contribution in [-0.2, 0) is 19.5 Å². The molecule has 0 saturated carbocycles. The summed E-state index contributed by atoms with van der Waals surface area (Å²) >= 11 is 0. The van der Waals surface area contributed by atoms with Gasteiger partial charge in [-0.25, -0.2) is 0 Å². The Morgan fingerprint density at radius 3 is 2.78 bits per heavy atom. The van der Waals surface area contributed by atoms with E-state index in [9.17, 15) is 0 Å². The van der Waals surface area contributed by atoms with Crippen molar-refractivity contribution in [1.29, 1.82) is 0 Å². The van der Waals surface area contributed by atoms with Crippen molar-refractivity contribution in [3.8, 4) is 0 Å². The SMILES string of the molecule is c1ccc(NCc2ccc3c(c2)CNCC3)cc1. The van der Waals surface area contributed by atoms with E-state index in [-0.39, 0.29) is 0 Å². The number of fused-ring (bicyclic) bond motifs is 1. The van der Waals surface area contributed by atoms with Crippen molar-refractivity contribution >= 4 is 5.69 Å². The molecule has 92 valence electrons. The van der Waals surface area contributed by atoms with Crippen LogP contribution in [0.1, 0.15) is 16.7 Å². The largest absolute Gasteiger partial charge is 0.381 e. The third-order valence-electron chi connectivity index (χ3n) is 3.43. The molecule has 18 heavy (non-hydrogen) atoms. The Labute approximate surface area is 108 Å². The number of hydrogen-bond donors (Lipinski definition) is 2. The highest BCUT2D eigenvalue weighted by Gasteiger charge is 2.08. The van der Waals surface area contributed by atoms with Gasteiger partial charge in [0.25, 0.3) is 0 Å². The molecule has 0 aromatic heterocycles. The van der Waals surface area contributed by atoms with E-state index < -0.39 is 0 Å². The zero-order valence-corrected chi connectivity index (χ0v) is 10.4. The fraction of sp³-hybridized carbons (Fsp3) is 0.250. The van der Waals surface area contributed by atoms with Crippen LogP contribution < -0.4 is 10.6 Å². The van der Waals surface area contributed by atoms with E-state index in [4.69, 9.17) is 0 Å². The highest BCUT2D eigenvalue weighted by molar-refractivity contribution is 5.44. The lowest BCUT2D eigenvalue weighted by atomic mass is 9.98. The molecule has 2 heteroatoms. The van der Waals surface area contributed by atoms with Gasteiger partial charge in [-0.2, -0.15) is 0 Å². The van der Waals surface area contributed by atoms with Crippen LogP contribution in [0.15, 0.2) is 48.5 Å². The molecule has 2 N–H and O–H groups in total. The summed E-state index contributed by atoms with van der Waals surface area (Å²) in [5.41, 5.74) is 5.47. The smallest absolute Gasteiger partial charge is 0.0400 e. The Balaban J connectivity index is 1.70. The minimum absolute atomic E-state index is 0.886. The summed E-state index contributed by atoms with van der Waals surface area (Å²) in [6.45, 7) is 3.00. The van der Waals surface area contributed by atoms with Crippen molar-refractivity contribution in [2.45, 2.75) is 19.5 Å². The quantitative estimate of drug-likeness (QED) is 0.859. The van der Waals surface area contributed by atoms with Crippen molar-refractivity contribution in [2.75, 3.05) is 11.9 Å². The molecule has 0 radical (unpaired) electrons. The van der Waals surface area contributed by atoms with Gasteiger partial charge in [-0.15, -0.1) is 0 Å². The number of para-hydroxylation sites is 1. The van der Waals surface area contributed by atoms with Crippen LogP contribution in [-0.4, -0.2) is 6.54 Å². The van der Waals surface area contributed by atoms with Gasteiger partial charge in [0.05, 0.1) is 0 Å². The van der Waals surface area contributed by atoms with Crippen LogP contribution >= 0.6 is 0 Å². The molecule has 2 aromatic carbocycles. The topological polar surface area (TPSA) is 24.1 Å². The molecule has 0 atom stereocenters. The normalized spacial score (nSPS) is 14.0. The lowest BCUT2D eigenvalue weighted by Gasteiger charge is -2.18. The number of hydrogen-bond acceptors (Lipinski definition) is 2. The first-order chi connectivity index (χ1) is 8.92. The minimum Gasteiger partial charge on any atom is -0.381 e. The lowest BCUT2D eigenvalue weighted by molar-refractivity contribution is 0.643. The summed E-state index contributed by atoms with van der Waals surface area (Å²) in [6.07, 6.45) is 1.15. The van der Waals surface area contributed by atoms with Gasteiger partial charge in [-0.05, 0) is 41.8 Å².